The number of hydrogen-bond acceptors (Lipinski definition) is 5. The van der Waals surface area contributed by atoms with Crippen molar-refractivity contribution in [3.63, 3.8) is 0 Å². The lowest BCUT2D eigenvalue weighted by atomic mass is 9.91. The minimum atomic E-state index is -0.468. The zero-order valence-corrected chi connectivity index (χ0v) is 19.4. The van der Waals surface area contributed by atoms with Crippen LogP contribution in [0.2, 0.25) is 0 Å². The van der Waals surface area contributed by atoms with E-state index < -0.39 is 11.8 Å². The van der Waals surface area contributed by atoms with Crippen molar-refractivity contribution in [2.45, 2.75) is 19.1 Å². The third-order valence-corrected chi connectivity index (χ3v) is 6.51. The Morgan fingerprint density at radius 1 is 1.00 bits per heavy atom. The summed E-state index contributed by atoms with van der Waals surface area (Å²) in [6.07, 6.45) is 2.98. The molecule has 2 N–H and O–H groups in total. The lowest BCUT2D eigenvalue weighted by molar-refractivity contribution is -0.114. The van der Waals surface area contributed by atoms with Crippen LogP contribution in [0.3, 0.4) is 0 Å². The van der Waals surface area contributed by atoms with Gasteiger partial charge < -0.3 is 10.1 Å². The Morgan fingerprint density at radius 3 is 2.46 bits per heavy atom. The van der Waals surface area contributed by atoms with Crippen molar-refractivity contribution in [2.24, 2.45) is 0 Å². The van der Waals surface area contributed by atoms with Gasteiger partial charge in [0, 0.05) is 49.8 Å². The number of benzene rings is 3. The number of rotatable bonds is 6. The molecule has 2 aliphatic heterocycles. The van der Waals surface area contributed by atoms with Gasteiger partial charge in [0.1, 0.15) is 5.82 Å². The van der Waals surface area contributed by atoms with E-state index in [4.69, 9.17) is 4.74 Å². The second kappa shape index (κ2) is 9.82. The number of imide groups is 1. The van der Waals surface area contributed by atoms with Crippen molar-refractivity contribution in [1.29, 1.82) is 0 Å². The van der Waals surface area contributed by atoms with E-state index in [0.717, 1.165) is 42.9 Å². The molecule has 0 aliphatic carbocycles. The number of ether oxygens (including phenoxy) is 1. The van der Waals surface area contributed by atoms with Crippen molar-refractivity contribution >= 4 is 23.1 Å². The van der Waals surface area contributed by atoms with Crippen LogP contribution in [0.25, 0.3) is 16.7 Å². The van der Waals surface area contributed by atoms with Crippen molar-refractivity contribution in [3.8, 4) is 11.1 Å². The van der Waals surface area contributed by atoms with Crippen LogP contribution in [-0.4, -0.2) is 43.0 Å². The van der Waals surface area contributed by atoms with Crippen LogP contribution in [0.5, 0.6) is 0 Å². The normalized spacial score (nSPS) is 19.0. The number of methoxy groups -OCH3 is 1. The molecule has 5 rings (SSSR count). The first-order chi connectivity index (χ1) is 17.0. The molecule has 6 nitrogen and oxygen atoms in total. The number of hydrogen-bond donors (Lipinski definition) is 2. The highest BCUT2D eigenvalue weighted by molar-refractivity contribution is 6.31. The van der Waals surface area contributed by atoms with Gasteiger partial charge in [-0.25, -0.2) is 4.39 Å². The Morgan fingerprint density at radius 2 is 1.74 bits per heavy atom. The van der Waals surface area contributed by atoms with E-state index in [9.17, 15) is 14.0 Å². The van der Waals surface area contributed by atoms with Gasteiger partial charge in [-0.05, 0) is 59.5 Å². The van der Waals surface area contributed by atoms with E-state index >= 15 is 0 Å². The molecule has 0 bridgehead atoms. The topological polar surface area (TPSA) is 70.7 Å². The van der Waals surface area contributed by atoms with Crippen LogP contribution in [0.15, 0.2) is 72.9 Å². The average molecular weight is 472 g/mol. The molecule has 1 fully saturated rings. The summed E-state index contributed by atoms with van der Waals surface area (Å²) in [5.41, 5.74) is 4.93. The zero-order valence-electron chi connectivity index (χ0n) is 19.4. The molecule has 2 aliphatic rings. The Kier molecular flexibility index (Phi) is 6.44. The van der Waals surface area contributed by atoms with Crippen molar-refractivity contribution in [3.05, 3.63) is 95.4 Å². The molecule has 0 spiro atoms. The zero-order chi connectivity index (χ0) is 24.4. The molecule has 35 heavy (non-hydrogen) atoms. The van der Waals surface area contributed by atoms with E-state index in [1.54, 1.807) is 43.6 Å². The summed E-state index contributed by atoms with van der Waals surface area (Å²) in [7, 11) is 1.76. The van der Waals surface area contributed by atoms with Gasteiger partial charge in [0.25, 0.3) is 11.8 Å². The third-order valence-electron chi connectivity index (χ3n) is 6.51. The number of anilines is 1. The molecule has 2 amide bonds. The molecule has 0 radical (unpaired) electrons. The maximum absolute atomic E-state index is 13.3. The predicted octanol–water partition coefficient (Wildman–Crippen LogP) is 4.44. The van der Waals surface area contributed by atoms with Gasteiger partial charge in [-0.1, -0.05) is 30.3 Å². The van der Waals surface area contributed by atoms with Gasteiger partial charge in [0.05, 0.1) is 11.7 Å². The van der Waals surface area contributed by atoms with E-state index in [0.29, 0.717) is 22.8 Å². The summed E-state index contributed by atoms with van der Waals surface area (Å²) in [5, 5.41) is 5.58. The molecule has 178 valence electrons. The molecular formula is C28H26FN3O3. The molecule has 1 saturated heterocycles. The highest BCUT2D eigenvalue weighted by Gasteiger charge is 2.27. The Hall–Kier alpha value is -3.81. The molecular weight excluding hydrogens is 445 g/mol. The SMILES string of the molecule is CO[C@H]1CCN(Cc2ccc(NC=C3C(=O)NC(=O)c4ccc(-c5ccc(F)cc5)cc43)cc2)C1. The summed E-state index contributed by atoms with van der Waals surface area (Å²) < 4.78 is 18.8. The molecule has 3 aromatic rings. The number of fused-ring (bicyclic) bond motifs is 1. The molecule has 7 heteroatoms. The van der Waals surface area contributed by atoms with Gasteiger partial charge in [-0.2, -0.15) is 0 Å². The van der Waals surface area contributed by atoms with Gasteiger partial charge in [0.2, 0.25) is 0 Å². The largest absolute Gasteiger partial charge is 0.380 e. The number of carbonyl (C=O) groups is 2. The minimum Gasteiger partial charge on any atom is -0.380 e. The van der Waals surface area contributed by atoms with Crippen LogP contribution in [-0.2, 0) is 16.1 Å². The first-order valence-corrected chi connectivity index (χ1v) is 11.6. The Bertz CT molecular complexity index is 1290. The summed E-state index contributed by atoms with van der Waals surface area (Å²) in [4.78, 5) is 27.4. The quantitative estimate of drug-likeness (QED) is 0.411. The molecule has 3 aromatic carbocycles. The number of carbonyl (C=O) groups excluding carboxylic acids is 2. The predicted molar refractivity (Wildman–Crippen MR) is 133 cm³/mol. The Labute approximate surface area is 203 Å². The monoisotopic (exact) mass is 471 g/mol. The maximum atomic E-state index is 13.3. The number of nitrogens with one attached hydrogen (secondary N) is 2. The number of likely N-dealkylation sites (tertiary alicyclic amines) is 1. The van der Waals surface area contributed by atoms with Crippen LogP contribution in [0.1, 0.15) is 27.9 Å². The first kappa shape index (κ1) is 23.0. The second-order valence-electron chi connectivity index (χ2n) is 8.83. The maximum Gasteiger partial charge on any atom is 0.260 e. The fourth-order valence-corrected chi connectivity index (χ4v) is 4.54. The molecule has 1 atom stereocenters. The first-order valence-electron chi connectivity index (χ1n) is 11.6. The molecule has 2 heterocycles. The number of halogens is 1. The molecule has 0 aromatic heterocycles. The van der Waals surface area contributed by atoms with Crippen molar-refractivity contribution in [1.82, 2.24) is 10.2 Å². The Balaban J connectivity index is 1.35. The highest BCUT2D eigenvalue weighted by atomic mass is 19.1. The summed E-state index contributed by atoms with van der Waals surface area (Å²) in [6.45, 7) is 2.83. The second-order valence-corrected chi connectivity index (χ2v) is 8.83. The minimum absolute atomic E-state index is 0.308. The van der Waals surface area contributed by atoms with Crippen LogP contribution >= 0.6 is 0 Å². The summed E-state index contributed by atoms with van der Waals surface area (Å²) >= 11 is 0. The fraction of sp³-hybridized carbons (Fsp3) is 0.214. The van der Waals surface area contributed by atoms with Crippen molar-refractivity contribution < 1.29 is 18.7 Å². The van der Waals surface area contributed by atoms with Crippen LogP contribution in [0.4, 0.5) is 10.1 Å². The van der Waals surface area contributed by atoms with Gasteiger partial charge in [-0.15, -0.1) is 0 Å². The molecule has 0 unspecified atom stereocenters. The lowest BCUT2D eigenvalue weighted by Gasteiger charge is -2.20. The fourth-order valence-electron chi connectivity index (χ4n) is 4.54. The smallest absolute Gasteiger partial charge is 0.260 e. The van der Waals surface area contributed by atoms with E-state index in [-0.39, 0.29) is 5.82 Å². The van der Waals surface area contributed by atoms with Crippen LogP contribution in [0, 0.1) is 5.82 Å². The van der Waals surface area contributed by atoms with Crippen LogP contribution < -0.4 is 10.6 Å². The number of nitrogens with zero attached hydrogens (tertiary/aromatic N) is 1. The number of amides is 2. The average Bonchev–Trinajstić information content (AvgIpc) is 3.32. The van der Waals surface area contributed by atoms with E-state index in [2.05, 4.69) is 27.7 Å². The van der Waals surface area contributed by atoms with E-state index in [1.807, 2.05) is 12.1 Å². The van der Waals surface area contributed by atoms with Gasteiger partial charge in [-0.3, -0.25) is 19.8 Å². The molecule has 0 saturated carbocycles. The standard InChI is InChI=1S/C28H26FN3O3/c1-35-23-12-13-32(17-23)16-18-2-9-22(10-3-18)30-15-26-25-14-20(19-4-7-21(29)8-5-19)6-11-24(25)27(33)31-28(26)34/h2-11,14-15,23,30H,12-13,16-17H2,1H3,(H,31,33,34)/t23-/m0/s1. The summed E-state index contributed by atoms with van der Waals surface area (Å²) in [6, 6.07) is 19.4. The van der Waals surface area contributed by atoms with Gasteiger partial charge in [0.15, 0.2) is 0 Å². The van der Waals surface area contributed by atoms with Gasteiger partial charge >= 0.3 is 0 Å². The van der Waals surface area contributed by atoms with E-state index in [1.165, 1.54) is 17.7 Å². The lowest BCUT2D eigenvalue weighted by Crippen LogP contribution is -2.36. The summed E-state index contributed by atoms with van der Waals surface area (Å²) in [5.74, 6) is -1.23. The third kappa shape index (κ3) is 5.01. The highest BCUT2D eigenvalue weighted by Crippen LogP contribution is 2.30. The van der Waals surface area contributed by atoms with Crippen molar-refractivity contribution in [2.75, 3.05) is 25.5 Å².